The molecule has 39 heavy (non-hydrogen) atoms. The van der Waals surface area contributed by atoms with E-state index in [1.54, 1.807) is 29.0 Å². The van der Waals surface area contributed by atoms with Gasteiger partial charge in [0.1, 0.15) is 16.5 Å². The molecular weight excluding hydrogens is 530 g/mol. The van der Waals surface area contributed by atoms with E-state index in [4.69, 9.17) is 4.74 Å². The van der Waals surface area contributed by atoms with Gasteiger partial charge in [0, 0.05) is 30.6 Å². The highest BCUT2D eigenvalue weighted by Gasteiger charge is 2.30. The lowest BCUT2D eigenvalue weighted by Crippen LogP contribution is -2.43. The molecule has 0 aliphatic carbocycles. The van der Waals surface area contributed by atoms with Crippen LogP contribution in [0.4, 0.5) is 0 Å². The number of hydrogen-bond donors (Lipinski definition) is 0. The first-order valence-electron chi connectivity index (χ1n) is 13.1. The molecular formula is C29H31N5O3S2. The predicted octanol–water partition coefficient (Wildman–Crippen LogP) is 5.33. The lowest BCUT2D eigenvalue weighted by molar-refractivity contribution is -0.149. The number of aryl methyl sites for hydroxylation is 1. The zero-order valence-corrected chi connectivity index (χ0v) is 23.7. The molecule has 0 saturated carbocycles. The van der Waals surface area contributed by atoms with Gasteiger partial charge in [0.05, 0.1) is 18.3 Å². The fourth-order valence-electron chi connectivity index (χ4n) is 4.62. The van der Waals surface area contributed by atoms with Crippen LogP contribution in [-0.2, 0) is 21.7 Å². The summed E-state index contributed by atoms with van der Waals surface area (Å²) in [6.07, 6.45) is 2.19. The van der Waals surface area contributed by atoms with E-state index in [2.05, 4.69) is 63.1 Å². The molecule has 1 unspecified atom stereocenters. The third kappa shape index (κ3) is 6.57. The summed E-state index contributed by atoms with van der Waals surface area (Å²) in [4.78, 5) is 31.7. The van der Waals surface area contributed by atoms with Gasteiger partial charge in [-0.15, -0.1) is 21.5 Å². The van der Waals surface area contributed by atoms with Crippen LogP contribution in [0, 0.1) is 12.8 Å². The second-order valence-electron chi connectivity index (χ2n) is 9.49. The number of carbonyl (C=O) groups excluding carboxylic acids is 2. The molecule has 1 saturated heterocycles. The Morgan fingerprint density at radius 1 is 1.10 bits per heavy atom. The zero-order valence-electron chi connectivity index (χ0n) is 22.1. The van der Waals surface area contributed by atoms with Gasteiger partial charge in [-0.2, -0.15) is 0 Å². The Balaban J connectivity index is 1.29. The standard InChI is InChI=1S/C29H31N5O3S2/c1-3-37-28(36)22-10-7-15-33(17-22)27(35)24-18-38-26(30-24)19-39-29-32-31-25(16-21-8-5-4-6-9-21)34(29)23-13-11-20(2)12-14-23/h4-6,8-9,11-14,18,22H,3,7,10,15-17,19H2,1-2H3. The van der Waals surface area contributed by atoms with E-state index in [1.807, 2.05) is 18.2 Å². The summed E-state index contributed by atoms with van der Waals surface area (Å²) in [7, 11) is 0. The molecule has 0 bridgehead atoms. The number of likely N-dealkylation sites (tertiary alicyclic amines) is 1. The molecule has 0 radical (unpaired) electrons. The van der Waals surface area contributed by atoms with Crippen LogP contribution in [0.3, 0.4) is 0 Å². The maximum absolute atomic E-state index is 13.1. The molecule has 2 aromatic carbocycles. The van der Waals surface area contributed by atoms with Gasteiger partial charge >= 0.3 is 5.97 Å². The van der Waals surface area contributed by atoms with E-state index >= 15 is 0 Å². The van der Waals surface area contributed by atoms with Crippen LogP contribution < -0.4 is 0 Å². The van der Waals surface area contributed by atoms with Crippen molar-refractivity contribution in [1.29, 1.82) is 0 Å². The molecule has 0 N–H and O–H groups in total. The molecule has 10 heteroatoms. The number of aromatic nitrogens is 4. The minimum Gasteiger partial charge on any atom is -0.466 e. The van der Waals surface area contributed by atoms with Gasteiger partial charge in [0.15, 0.2) is 5.16 Å². The molecule has 8 nitrogen and oxygen atoms in total. The van der Waals surface area contributed by atoms with Crippen LogP contribution in [0.2, 0.25) is 0 Å². The van der Waals surface area contributed by atoms with E-state index in [0.29, 0.717) is 37.6 Å². The van der Waals surface area contributed by atoms with Crippen molar-refractivity contribution in [3.63, 3.8) is 0 Å². The third-order valence-corrected chi connectivity index (χ3v) is 8.59. The van der Waals surface area contributed by atoms with E-state index in [1.165, 1.54) is 22.5 Å². The Hall–Kier alpha value is -3.50. The maximum Gasteiger partial charge on any atom is 0.310 e. The van der Waals surface area contributed by atoms with Crippen molar-refractivity contribution in [3.8, 4) is 5.69 Å². The SMILES string of the molecule is CCOC(=O)C1CCCN(C(=O)c2csc(CSc3nnc(Cc4ccccc4)n3-c3ccc(C)cc3)n2)C1. The molecule has 1 aliphatic heterocycles. The van der Waals surface area contributed by atoms with Gasteiger partial charge in [0.25, 0.3) is 5.91 Å². The Kier molecular flexibility index (Phi) is 8.73. The first kappa shape index (κ1) is 27.1. The lowest BCUT2D eigenvalue weighted by atomic mass is 9.98. The number of carbonyl (C=O) groups is 2. The predicted molar refractivity (Wildman–Crippen MR) is 152 cm³/mol. The van der Waals surface area contributed by atoms with Crippen LogP contribution in [0.1, 0.15) is 52.2 Å². The quantitative estimate of drug-likeness (QED) is 0.202. The number of piperidine rings is 1. The van der Waals surface area contributed by atoms with Crippen molar-refractivity contribution in [1.82, 2.24) is 24.6 Å². The maximum atomic E-state index is 13.1. The molecule has 1 atom stereocenters. The fraction of sp³-hybridized carbons (Fsp3) is 0.345. The number of thioether (sulfide) groups is 1. The number of amides is 1. The van der Waals surface area contributed by atoms with Crippen LogP contribution >= 0.6 is 23.1 Å². The molecule has 0 spiro atoms. The van der Waals surface area contributed by atoms with Crippen LogP contribution in [0.25, 0.3) is 5.69 Å². The number of thiazole rings is 1. The summed E-state index contributed by atoms with van der Waals surface area (Å²) in [5.41, 5.74) is 3.79. The number of ether oxygens (including phenoxy) is 1. The zero-order chi connectivity index (χ0) is 27.2. The van der Waals surface area contributed by atoms with Gasteiger partial charge in [-0.25, -0.2) is 4.98 Å². The number of benzene rings is 2. The van der Waals surface area contributed by atoms with Gasteiger partial charge in [-0.3, -0.25) is 14.2 Å². The number of nitrogens with zero attached hydrogens (tertiary/aromatic N) is 5. The van der Waals surface area contributed by atoms with Crippen LogP contribution in [-0.4, -0.2) is 56.2 Å². The van der Waals surface area contributed by atoms with E-state index in [9.17, 15) is 9.59 Å². The van der Waals surface area contributed by atoms with Crippen molar-refractivity contribution < 1.29 is 14.3 Å². The van der Waals surface area contributed by atoms with E-state index in [-0.39, 0.29) is 17.8 Å². The highest BCUT2D eigenvalue weighted by molar-refractivity contribution is 7.98. The molecule has 2 aromatic heterocycles. The molecule has 3 heterocycles. The van der Waals surface area contributed by atoms with E-state index in [0.717, 1.165) is 34.5 Å². The molecule has 5 rings (SSSR count). The van der Waals surface area contributed by atoms with Gasteiger partial charge in [0.2, 0.25) is 0 Å². The normalized spacial score (nSPS) is 15.3. The lowest BCUT2D eigenvalue weighted by Gasteiger charge is -2.31. The molecule has 1 fully saturated rings. The average molecular weight is 562 g/mol. The van der Waals surface area contributed by atoms with Gasteiger partial charge in [-0.05, 0) is 44.4 Å². The number of rotatable bonds is 9. The monoisotopic (exact) mass is 561 g/mol. The van der Waals surface area contributed by atoms with Crippen molar-refractivity contribution in [2.45, 2.75) is 44.0 Å². The Labute approximate surface area is 236 Å². The largest absolute Gasteiger partial charge is 0.466 e. The summed E-state index contributed by atoms with van der Waals surface area (Å²) in [6.45, 7) is 5.22. The Morgan fingerprint density at radius 3 is 2.67 bits per heavy atom. The highest BCUT2D eigenvalue weighted by Crippen LogP contribution is 2.28. The van der Waals surface area contributed by atoms with Crippen molar-refractivity contribution in [3.05, 3.63) is 87.6 Å². The fourth-order valence-corrected chi connectivity index (χ4v) is 6.37. The summed E-state index contributed by atoms with van der Waals surface area (Å²) in [5, 5.41) is 12.5. The minimum atomic E-state index is -0.269. The first-order valence-corrected chi connectivity index (χ1v) is 15.0. The Bertz CT molecular complexity index is 1420. The summed E-state index contributed by atoms with van der Waals surface area (Å²) >= 11 is 3.01. The first-order chi connectivity index (χ1) is 19.0. The second-order valence-corrected chi connectivity index (χ2v) is 11.4. The number of hydrogen-bond acceptors (Lipinski definition) is 8. The second kappa shape index (κ2) is 12.6. The topological polar surface area (TPSA) is 90.2 Å². The highest BCUT2D eigenvalue weighted by atomic mass is 32.2. The smallest absolute Gasteiger partial charge is 0.310 e. The summed E-state index contributed by atoms with van der Waals surface area (Å²) in [6, 6.07) is 18.6. The van der Waals surface area contributed by atoms with Crippen molar-refractivity contribution in [2.24, 2.45) is 5.92 Å². The van der Waals surface area contributed by atoms with Crippen LogP contribution in [0.5, 0.6) is 0 Å². The third-order valence-electron chi connectivity index (χ3n) is 6.62. The molecule has 202 valence electrons. The van der Waals surface area contributed by atoms with Gasteiger partial charge in [-0.1, -0.05) is 59.8 Å². The number of esters is 1. The molecule has 4 aromatic rings. The Morgan fingerprint density at radius 2 is 1.90 bits per heavy atom. The molecule has 1 aliphatic rings. The average Bonchev–Trinajstić information content (AvgIpc) is 3.60. The summed E-state index contributed by atoms with van der Waals surface area (Å²) in [5.74, 6) is 0.802. The van der Waals surface area contributed by atoms with Gasteiger partial charge < -0.3 is 9.64 Å². The van der Waals surface area contributed by atoms with Crippen molar-refractivity contribution >= 4 is 35.0 Å². The minimum absolute atomic E-state index is 0.135. The van der Waals surface area contributed by atoms with Crippen LogP contribution in [0.15, 0.2) is 65.1 Å². The molecule has 1 amide bonds. The summed E-state index contributed by atoms with van der Waals surface area (Å²) < 4.78 is 7.27. The van der Waals surface area contributed by atoms with E-state index < -0.39 is 0 Å². The van der Waals surface area contributed by atoms with Crippen molar-refractivity contribution in [2.75, 3.05) is 19.7 Å².